The van der Waals surface area contributed by atoms with Crippen LogP contribution in [0.1, 0.15) is 11.3 Å². The van der Waals surface area contributed by atoms with E-state index in [1.54, 1.807) is 12.3 Å². The van der Waals surface area contributed by atoms with Crippen LogP contribution in [0.25, 0.3) is 10.2 Å². The molecule has 0 atom stereocenters. The van der Waals surface area contributed by atoms with Gasteiger partial charge in [-0.1, -0.05) is 11.8 Å². The van der Waals surface area contributed by atoms with E-state index in [1.807, 2.05) is 6.92 Å². The van der Waals surface area contributed by atoms with Crippen molar-refractivity contribution in [2.75, 3.05) is 12.8 Å². The van der Waals surface area contributed by atoms with Crippen molar-refractivity contribution in [3.8, 4) is 0 Å². The van der Waals surface area contributed by atoms with Gasteiger partial charge in [0.1, 0.15) is 11.4 Å². The highest BCUT2D eigenvalue weighted by Gasteiger charge is 2.15. The zero-order valence-electron chi connectivity index (χ0n) is 12.1. The predicted molar refractivity (Wildman–Crippen MR) is 85.7 cm³/mol. The molecular weight excluding hydrogens is 326 g/mol. The summed E-state index contributed by atoms with van der Waals surface area (Å²) in [6, 6.07) is 1.76. The number of thioether (sulfide) groups is 1. The second-order valence-corrected chi connectivity index (χ2v) is 6.57. The summed E-state index contributed by atoms with van der Waals surface area (Å²) in [6.45, 7) is 1.75. The van der Waals surface area contributed by atoms with E-state index in [0.29, 0.717) is 15.4 Å². The predicted octanol–water partition coefficient (Wildman–Crippen LogP) is 1.08. The standard InChI is InChI=1S/C13H15N3O4S2/c1-7-5-8-11(22-7)15-13(21-2)16(12(8)20)6-9(17)14-4-3-10(18)19/h5H,3-4,6H2,1-2H3,(H,14,17)(H,18,19). The fourth-order valence-corrected chi connectivity index (χ4v) is 3.40. The van der Waals surface area contributed by atoms with Gasteiger partial charge in [-0.05, 0) is 19.2 Å². The number of nitrogens with one attached hydrogen (secondary N) is 1. The van der Waals surface area contributed by atoms with Crippen LogP contribution in [0.2, 0.25) is 0 Å². The number of rotatable bonds is 6. The topological polar surface area (TPSA) is 101 Å². The number of aromatic nitrogens is 2. The van der Waals surface area contributed by atoms with Crippen LogP contribution in [-0.2, 0) is 16.1 Å². The monoisotopic (exact) mass is 341 g/mol. The van der Waals surface area contributed by atoms with Crippen LogP contribution in [0.4, 0.5) is 0 Å². The summed E-state index contributed by atoms with van der Waals surface area (Å²) in [5.74, 6) is -1.40. The molecule has 2 N–H and O–H groups in total. The number of carbonyl (C=O) groups excluding carboxylic acids is 1. The Hall–Kier alpha value is -1.87. The Kier molecular flexibility index (Phi) is 5.19. The summed E-state index contributed by atoms with van der Waals surface area (Å²) in [5, 5.41) is 12.0. The van der Waals surface area contributed by atoms with Crippen LogP contribution in [0.5, 0.6) is 0 Å². The van der Waals surface area contributed by atoms with Gasteiger partial charge in [0.05, 0.1) is 11.8 Å². The quantitative estimate of drug-likeness (QED) is 0.602. The van der Waals surface area contributed by atoms with Gasteiger partial charge < -0.3 is 10.4 Å². The van der Waals surface area contributed by atoms with E-state index in [4.69, 9.17) is 5.11 Å². The number of aryl methyl sites for hydroxylation is 1. The first kappa shape index (κ1) is 16.5. The molecule has 0 saturated heterocycles. The van der Waals surface area contributed by atoms with E-state index in [2.05, 4.69) is 10.3 Å². The normalized spacial score (nSPS) is 10.8. The van der Waals surface area contributed by atoms with Crippen LogP contribution in [0.15, 0.2) is 16.0 Å². The number of aliphatic carboxylic acids is 1. The van der Waals surface area contributed by atoms with Gasteiger partial charge in [-0.25, -0.2) is 4.98 Å². The van der Waals surface area contributed by atoms with Crippen LogP contribution < -0.4 is 10.9 Å². The lowest BCUT2D eigenvalue weighted by Crippen LogP contribution is -2.34. The van der Waals surface area contributed by atoms with Crippen molar-refractivity contribution in [2.24, 2.45) is 0 Å². The number of carboxylic acids is 1. The molecule has 2 heterocycles. The summed E-state index contributed by atoms with van der Waals surface area (Å²) in [5.41, 5.74) is -0.257. The fraction of sp³-hybridized carbons (Fsp3) is 0.385. The third-order valence-corrected chi connectivity index (χ3v) is 4.51. The Morgan fingerprint density at radius 2 is 2.23 bits per heavy atom. The minimum absolute atomic E-state index is 0.0325. The molecule has 0 aliphatic carbocycles. The van der Waals surface area contributed by atoms with Crippen molar-refractivity contribution in [1.82, 2.24) is 14.9 Å². The van der Waals surface area contributed by atoms with Crippen molar-refractivity contribution in [3.05, 3.63) is 21.3 Å². The van der Waals surface area contributed by atoms with Crippen LogP contribution in [0, 0.1) is 6.92 Å². The van der Waals surface area contributed by atoms with E-state index in [0.717, 1.165) is 4.88 Å². The van der Waals surface area contributed by atoms with E-state index >= 15 is 0 Å². The van der Waals surface area contributed by atoms with Gasteiger partial charge in [-0.2, -0.15) is 0 Å². The Bertz CT molecular complexity index is 781. The largest absolute Gasteiger partial charge is 0.481 e. The lowest BCUT2D eigenvalue weighted by Gasteiger charge is -2.10. The number of thiophene rings is 1. The molecule has 0 fully saturated rings. The van der Waals surface area contributed by atoms with Crippen LogP contribution >= 0.6 is 23.1 Å². The average molecular weight is 341 g/mol. The SMILES string of the molecule is CSc1nc2sc(C)cc2c(=O)n1CC(=O)NCCC(=O)O. The Morgan fingerprint density at radius 3 is 2.86 bits per heavy atom. The van der Waals surface area contributed by atoms with Gasteiger partial charge in [-0.3, -0.25) is 19.0 Å². The van der Waals surface area contributed by atoms with E-state index in [9.17, 15) is 14.4 Å². The van der Waals surface area contributed by atoms with Gasteiger partial charge in [0.25, 0.3) is 5.56 Å². The average Bonchev–Trinajstić information content (AvgIpc) is 2.82. The van der Waals surface area contributed by atoms with E-state index in [1.165, 1.54) is 27.7 Å². The summed E-state index contributed by atoms with van der Waals surface area (Å²) in [6.07, 6.45) is 1.63. The zero-order valence-corrected chi connectivity index (χ0v) is 13.7. The summed E-state index contributed by atoms with van der Waals surface area (Å²) < 4.78 is 1.31. The van der Waals surface area contributed by atoms with Crippen LogP contribution in [0.3, 0.4) is 0 Å². The van der Waals surface area contributed by atoms with Crippen molar-refractivity contribution in [1.29, 1.82) is 0 Å². The van der Waals surface area contributed by atoms with Crippen LogP contribution in [-0.4, -0.2) is 39.3 Å². The minimum Gasteiger partial charge on any atom is -0.481 e. The number of carboxylic acid groups (broad SMARTS) is 1. The Balaban J connectivity index is 2.26. The molecule has 118 valence electrons. The third kappa shape index (κ3) is 3.66. The summed E-state index contributed by atoms with van der Waals surface area (Å²) in [7, 11) is 0. The molecule has 0 spiro atoms. The molecule has 2 aromatic rings. The number of fused-ring (bicyclic) bond motifs is 1. The number of amides is 1. The van der Waals surface area contributed by atoms with Gasteiger partial charge in [0.15, 0.2) is 5.16 Å². The molecule has 0 unspecified atom stereocenters. The minimum atomic E-state index is -0.987. The molecule has 22 heavy (non-hydrogen) atoms. The second-order valence-electron chi connectivity index (χ2n) is 4.56. The van der Waals surface area contributed by atoms with Crippen molar-refractivity contribution in [3.63, 3.8) is 0 Å². The zero-order chi connectivity index (χ0) is 16.3. The van der Waals surface area contributed by atoms with Gasteiger partial charge in [-0.15, -0.1) is 11.3 Å². The first-order valence-corrected chi connectivity index (χ1v) is 8.50. The second kappa shape index (κ2) is 6.93. The molecule has 0 aliphatic heterocycles. The number of nitrogens with zero attached hydrogens (tertiary/aromatic N) is 2. The molecule has 9 heteroatoms. The smallest absolute Gasteiger partial charge is 0.305 e. The number of carbonyl (C=O) groups is 2. The first-order chi connectivity index (χ1) is 10.4. The first-order valence-electron chi connectivity index (χ1n) is 6.46. The lowest BCUT2D eigenvalue weighted by molar-refractivity contribution is -0.136. The van der Waals surface area contributed by atoms with Gasteiger partial charge in [0.2, 0.25) is 5.91 Å². The van der Waals surface area contributed by atoms with E-state index < -0.39 is 11.9 Å². The van der Waals surface area contributed by atoms with Gasteiger partial charge >= 0.3 is 5.97 Å². The maximum Gasteiger partial charge on any atom is 0.305 e. The summed E-state index contributed by atoms with van der Waals surface area (Å²) >= 11 is 2.73. The molecule has 1 amide bonds. The molecular formula is C13H15N3O4S2. The third-order valence-electron chi connectivity index (χ3n) is 2.88. The molecule has 7 nitrogen and oxygen atoms in total. The molecule has 2 rings (SSSR count). The molecule has 2 aromatic heterocycles. The number of hydrogen-bond acceptors (Lipinski definition) is 6. The molecule has 0 bridgehead atoms. The summed E-state index contributed by atoms with van der Waals surface area (Å²) in [4.78, 5) is 40.8. The molecule has 0 aromatic carbocycles. The van der Waals surface area contributed by atoms with Crippen molar-refractivity contribution in [2.45, 2.75) is 25.0 Å². The highest BCUT2D eigenvalue weighted by molar-refractivity contribution is 7.98. The highest BCUT2D eigenvalue weighted by Crippen LogP contribution is 2.23. The maximum absolute atomic E-state index is 12.5. The maximum atomic E-state index is 12.5. The Labute approximate surface area is 134 Å². The number of hydrogen-bond donors (Lipinski definition) is 2. The van der Waals surface area contributed by atoms with Gasteiger partial charge in [0, 0.05) is 11.4 Å². The fourth-order valence-electron chi connectivity index (χ4n) is 1.92. The Morgan fingerprint density at radius 1 is 1.50 bits per heavy atom. The van der Waals surface area contributed by atoms with Crippen molar-refractivity contribution < 1.29 is 14.7 Å². The van der Waals surface area contributed by atoms with E-state index in [-0.39, 0.29) is 25.1 Å². The lowest BCUT2D eigenvalue weighted by atomic mass is 10.3. The molecule has 0 saturated carbocycles. The molecule has 0 radical (unpaired) electrons. The van der Waals surface area contributed by atoms with Crippen molar-refractivity contribution >= 4 is 45.2 Å². The highest BCUT2D eigenvalue weighted by atomic mass is 32.2. The molecule has 0 aliphatic rings.